The number of hydrogen-bond donors (Lipinski definition) is 2. The number of piperazine rings is 1. The zero-order valence-electron chi connectivity index (χ0n) is 17.9. The van der Waals surface area contributed by atoms with Gasteiger partial charge in [0.25, 0.3) is 0 Å². The van der Waals surface area contributed by atoms with Gasteiger partial charge < -0.3 is 20.9 Å². The van der Waals surface area contributed by atoms with Gasteiger partial charge in [-0.15, -0.1) is 0 Å². The molecule has 32 heavy (non-hydrogen) atoms. The van der Waals surface area contributed by atoms with Crippen molar-refractivity contribution in [2.45, 2.75) is 13.0 Å². The topological polar surface area (TPSA) is 91.6 Å². The minimum Gasteiger partial charge on any atom is -0.397 e. The fourth-order valence-electron chi connectivity index (χ4n) is 3.78. The van der Waals surface area contributed by atoms with Gasteiger partial charge >= 0.3 is 6.03 Å². The van der Waals surface area contributed by atoms with Gasteiger partial charge in [0.2, 0.25) is 0 Å². The Labute approximate surface area is 187 Å². The second-order valence-electron chi connectivity index (χ2n) is 7.84. The maximum absolute atomic E-state index is 12.6. The summed E-state index contributed by atoms with van der Waals surface area (Å²) >= 11 is 0. The van der Waals surface area contributed by atoms with E-state index in [-0.39, 0.29) is 18.2 Å². The third kappa shape index (κ3) is 5.24. The lowest BCUT2D eigenvalue weighted by molar-refractivity contribution is 0.0993. The van der Waals surface area contributed by atoms with E-state index in [2.05, 4.69) is 27.3 Å². The number of benzene rings is 2. The van der Waals surface area contributed by atoms with Crippen molar-refractivity contribution < 1.29 is 9.59 Å². The highest BCUT2D eigenvalue weighted by Crippen LogP contribution is 2.16. The maximum atomic E-state index is 12.6. The third-order valence-electron chi connectivity index (χ3n) is 5.71. The number of rotatable bonds is 6. The molecule has 0 radical (unpaired) electrons. The molecule has 1 fully saturated rings. The van der Waals surface area contributed by atoms with Crippen LogP contribution in [0.25, 0.3) is 0 Å². The number of aromatic nitrogens is 1. The van der Waals surface area contributed by atoms with Crippen LogP contribution in [0.5, 0.6) is 0 Å². The van der Waals surface area contributed by atoms with Crippen LogP contribution in [0.15, 0.2) is 73.1 Å². The molecule has 0 aliphatic carbocycles. The summed E-state index contributed by atoms with van der Waals surface area (Å²) in [7, 11) is 0. The van der Waals surface area contributed by atoms with E-state index < -0.39 is 0 Å². The molecule has 3 N–H and O–H groups in total. The van der Waals surface area contributed by atoms with E-state index in [0.717, 1.165) is 24.2 Å². The number of urea groups is 1. The third-order valence-corrected chi connectivity index (χ3v) is 5.71. The molecule has 2 heterocycles. The number of nitrogens with two attached hydrogens (primary N) is 1. The Hall–Kier alpha value is -3.87. The number of hydrogen-bond acceptors (Lipinski definition) is 5. The van der Waals surface area contributed by atoms with E-state index in [1.54, 1.807) is 30.6 Å². The average Bonchev–Trinajstić information content (AvgIpc) is 2.85. The van der Waals surface area contributed by atoms with Crippen LogP contribution >= 0.6 is 0 Å². The number of amides is 2. The number of nitrogens with one attached hydrogen (secondary N) is 1. The number of pyridine rings is 1. The van der Waals surface area contributed by atoms with Gasteiger partial charge in [-0.2, -0.15) is 0 Å². The maximum Gasteiger partial charge on any atom is 0.317 e. The molecule has 2 aromatic carbocycles. The number of ketones is 1. The quantitative estimate of drug-likeness (QED) is 0.588. The van der Waals surface area contributed by atoms with Gasteiger partial charge in [-0.25, -0.2) is 4.79 Å². The van der Waals surface area contributed by atoms with Gasteiger partial charge in [0.1, 0.15) is 0 Å². The molecule has 1 saturated heterocycles. The highest BCUT2D eigenvalue weighted by molar-refractivity contribution is 5.98. The lowest BCUT2D eigenvalue weighted by Crippen LogP contribution is -2.51. The zero-order valence-corrected chi connectivity index (χ0v) is 17.9. The molecule has 164 valence electrons. The number of Topliss-reactive ketones (excluding diaryl/α,β-unsaturated/α-hetero) is 1. The lowest BCUT2D eigenvalue weighted by atomic mass is 10.0. The minimum absolute atomic E-state index is 0.00484. The SMILES string of the molecule is Nc1cnccc1CC(=O)c1ccc(CNC(=O)N2CCN(c3ccccc3)CC2)cc1. The monoisotopic (exact) mass is 429 g/mol. The first-order chi connectivity index (χ1) is 15.6. The molecule has 4 rings (SSSR count). The van der Waals surface area contributed by atoms with Crippen molar-refractivity contribution in [3.8, 4) is 0 Å². The van der Waals surface area contributed by atoms with Crippen molar-refractivity contribution in [1.82, 2.24) is 15.2 Å². The molecule has 1 aliphatic rings. The van der Waals surface area contributed by atoms with Gasteiger partial charge in [0.05, 0.1) is 11.9 Å². The average molecular weight is 430 g/mol. The van der Waals surface area contributed by atoms with Gasteiger partial charge in [0, 0.05) is 56.6 Å². The second-order valence-corrected chi connectivity index (χ2v) is 7.84. The number of anilines is 2. The largest absolute Gasteiger partial charge is 0.397 e. The lowest BCUT2D eigenvalue weighted by Gasteiger charge is -2.36. The Morgan fingerprint density at radius 3 is 2.34 bits per heavy atom. The zero-order chi connectivity index (χ0) is 22.3. The number of carbonyl (C=O) groups excluding carboxylic acids is 2. The Kier molecular flexibility index (Phi) is 6.65. The Morgan fingerprint density at radius 1 is 0.938 bits per heavy atom. The highest BCUT2D eigenvalue weighted by atomic mass is 16.2. The summed E-state index contributed by atoms with van der Waals surface area (Å²) in [6.45, 7) is 3.43. The predicted octanol–water partition coefficient (Wildman–Crippen LogP) is 3.12. The molecule has 7 nitrogen and oxygen atoms in total. The van der Waals surface area contributed by atoms with Crippen molar-refractivity contribution in [1.29, 1.82) is 0 Å². The first kappa shape index (κ1) is 21.4. The highest BCUT2D eigenvalue weighted by Gasteiger charge is 2.21. The summed E-state index contributed by atoms with van der Waals surface area (Å²) in [4.78, 5) is 33.2. The molecule has 0 bridgehead atoms. The van der Waals surface area contributed by atoms with Crippen molar-refractivity contribution >= 4 is 23.2 Å². The molecule has 0 atom stereocenters. The van der Waals surface area contributed by atoms with Gasteiger partial charge in [-0.3, -0.25) is 9.78 Å². The standard InChI is InChI=1S/C25H27N5O2/c26-23-18-27-11-10-21(23)16-24(31)20-8-6-19(7-9-20)17-28-25(32)30-14-12-29(13-15-30)22-4-2-1-3-5-22/h1-11,18H,12-17,26H2,(H,28,32). The van der Waals surface area contributed by atoms with Crippen LogP contribution in [0.3, 0.4) is 0 Å². The van der Waals surface area contributed by atoms with E-state index >= 15 is 0 Å². The fourth-order valence-corrected chi connectivity index (χ4v) is 3.78. The van der Waals surface area contributed by atoms with Crippen molar-refractivity contribution in [2.24, 2.45) is 0 Å². The first-order valence-electron chi connectivity index (χ1n) is 10.7. The van der Waals surface area contributed by atoms with Crippen LogP contribution in [0, 0.1) is 0 Å². The van der Waals surface area contributed by atoms with Gasteiger partial charge in [-0.1, -0.05) is 42.5 Å². The molecular weight excluding hydrogens is 402 g/mol. The van der Waals surface area contributed by atoms with E-state index in [4.69, 9.17) is 5.73 Å². The number of nitrogens with zero attached hydrogens (tertiary/aromatic N) is 3. The molecule has 1 aromatic heterocycles. The first-order valence-corrected chi connectivity index (χ1v) is 10.7. The van der Waals surface area contributed by atoms with Gasteiger partial charge in [-0.05, 0) is 29.3 Å². The van der Waals surface area contributed by atoms with Crippen LogP contribution < -0.4 is 16.0 Å². The smallest absolute Gasteiger partial charge is 0.317 e. The molecule has 3 aromatic rings. The van der Waals surface area contributed by atoms with E-state index in [9.17, 15) is 9.59 Å². The molecule has 7 heteroatoms. The van der Waals surface area contributed by atoms with Crippen LogP contribution in [0.4, 0.5) is 16.2 Å². The van der Waals surface area contributed by atoms with E-state index in [0.29, 0.717) is 30.9 Å². The summed E-state index contributed by atoms with van der Waals surface area (Å²) in [6, 6.07) is 19.3. The number of nitrogen functional groups attached to an aromatic ring is 1. The summed E-state index contributed by atoms with van der Waals surface area (Å²) in [5.74, 6) is -0.00484. The summed E-state index contributed by atoms with van der Waals surface area (Å²) in [6.07, 6.45) is 3.42. The fraction of sp³-hybridized carbons (Fsp3) is 0.240. The normalized spacial score (nSPS) is 13.6. The van der Waals surface area contributed by atoms with Gasteiger partial charge in [0.15, 0.2) is 5.78 Å². The van der Waals surface area contributed by atoms with E-state index in [1.807, 2.05) is 35.2 Å². The van der Waals surface area contributed by atoms with Crippen LogP contribution in [0.1, 0.15) is 21.5 Å². The van der Waals surface area contributed by atoms with Crippen LogP contribution in [-0.4, -0.2) is 47.9 Å². The van der Waals surface area contributed by atoms with Crippen molar-refractivity contribution in [2.75, 3.05) is 36.8 Å². The molecule has 0 saturated carbocycles. The molecule has 1 aliphatic heterocycles. The Balaban J connectivity index is 1.25. The number of para-hydroxylation sites is 1. The summed E-state index contributed by atoms with van der Waals surface area (Å²) in [5.41, 5.74) is 9.92. The molecular formula is C25H27N5O2. The molecule has 2 amide bonds. The van der Waals surface area contributed by atoms with E-state index in [1.165, 1.54) is 5.69 Å². The predicted molar refractivity (Wildman–Crippen MR) is 126 cm³/mol. The Bertz CT molecular complexity index is 1060. The molecule has 0 spiro atoms. The van der Waals surface area contributed by atoms with Crippen LogP contribution in [-0.2, 0) is 13.0 Å². The minimum atomic E-state index is -0.0639. The summed E-state index contributed by atoms with van der Waals surface area (Å²) < 4.78 is 0. The molecule has 0 unspecified atom stereocenters. The number of carbonyl (C=O) groups is 2. The van der Waals surface area contributed by atoms with Crippen molar-refractivity contribution in [3.63, 3.8) is 0 Å². The Morgan fingerprint density at radius 2 is 1.66 bits per heavy atom. The second kappa shape index (κ2) is 9.96. The summed E-state index contributed by atoms with van der Waals surface area (Å²) in [5, 5.41) is 2.98. The van der Waals surface area contributed by atoms with Crippen molar-refractivity contribution in [3.05, 3.63) is 89.7 Å². The van der Waals surface area contributed by atoms with Crippen LogP contribution in [0.2, 0.25) is 0 Å².